The van der Waals surface area contributed by atoms with E-state index in [1.807, 2.05) is 25.1 Å². The van der Waals surface area contributed by atoms with Crippen molar-refractivity contribution < 1.29 is 14.6 Å². The Balaban J connectivity index is 2.46. The molecule has 0 aliphatic rings. The van der Waals surface area contributed by atoms with Crippen LogP contribution < -0.4 is 0 Å². The smallest absolute Gasteiger partial charge is 0.308 e. The Morgan fingerprint density at radius 2 is 2.18 bits per heavy atom. The van der Waals surface area contributed by atoms with E-state index in [4.69, 9.17) is 4.74 Å². The third-order valence-electron chi connectivity index (χ3n) is 2.39. The fraction of sp³-hybridized carbons (Fsp3) is 0.462. The predicted molar refractivity (Wildman–Crippen MR) is 69.6 cm³/mol. The number of unbranched alkanes of at least 4 members (excludes halogenated alkanes) is 1. The van der Waals surface area contributed by atoms with Crippen LogP contribution in [-0.4, -0.2) is 17.7 Å². The van der Waals surface area contributed by atoms with Gasteiger partial charge < -0.3 is 9.84 Å². The van der Waals surface area contributed by atoms with E-state index < -0.39 is 6.10 Å². The summed E-state index contributed by atoms with van der Waals surface area (Å²) in [5, 5.41) is 9.90. The van der Waals surface area contributed by atoms with Gasteiger partial charge in [0.1, 0.15) is 0 Å². The summed E-state index contributed by atoms with van der Waals surface area (Å²) < 4.78 is 5.80. The Kier molecular flexibility index (Phi) is 6.22. The van der Waals surface area contributed by atoms with E-state index >= 15 is 0 Å². The SMILES string of the molecule is CCCCOC(=O)CC(O)c1ccccc1Br. The molecule has 0 aliphatic heterocycles. The first-order valence-corrected chi connectivity index (χ1v) is 6.52. The molecule has 0 saturated heterocycles. The molecule has 0 radical (unpaired) electrons. The molecule has 1 unspecified atom stereocenters. The zero-order valence-electron chi connectivity index (χ0n) is 9.86. The average molecular weight is 301 g/mol. The van der Waals surface area contributed by atoms with Gasteiger partial charge >= 0.3 is 5.97 Å². The molecule has 0 fully saturated rings. The molecule has 0 aromatic heterocycles. The highest BCUT2D eigenvalue weighted by atomic mass is 79.9. The molecule has 1 aromatic rings. The number of hydrogen-bond donors (Lipinski definition) is 1. The maximum atomic E-state index is 11.4. The molecule has 1 atom stereocenters. The molecule has 94 valence electrons. The van der Waals surface area contributed by atoms with E-state index in [0.29, 0.717) is 12.2 Å². The minimum Gasteiger partial charge on any atom is -0.466 e. The topological polar surface area (TPSA) is 46.5 Å². The molecule has 4 heteroatoms. The highest BCUT2D eigenvalue weighted by Crippen LogP contribution is 2.25. The zero-order valence-corrected chi connectivity index (χ0v) is 11.4. The van der Waals surface area contributed by atoms with Crippen molar-refractivity contribution in [2.24, 2.45) is 0 Å². The van der Waals surface area contributed by atoms with Gasteiger partial charge in [-0.25, -0.2) is 0 Å². The lowest BCUT2D eigenvalue weighted by Gasteiger charge is -2.12. The first-order chi connectivity index (χ1) is 8.15. The van der Waals surface area contributed by atoms with E-state index in [2.05, 4.69) is 15.9 Å². The predicted octanol–water partition coefficient (Wildman–Crippen LogP) is 3.22. The summed E-state index contributed by atoms with van der Waals surface area (Å²) in [6, 6.07) is 7.31. The number of esters is 1. The maximum absolute atomic E-state index is 11.4. The van der Waals surface area contributed by atoms with E-state index in [9.17, 15) is 9.90 Å². The summed E-state index contributed by atoms with van der Waals surface area (Å²) >= 11 is 3.34. The van der Waals surface area contributed by atoms with Crippen LogP contribution in [0.2, 0.25) is 0 Å². The second-order valence-electron chi connectivity index (χ2n) is 3.82. The largest absolute Gasteiger partial charge is 0.466 e. The maximum Gasteiger partial charge on any atom is 0.308 e. The van der Waals surface area contributed by atoms with Crippen molar-refractivity contribution in [3.05, 3.63) is 34.3 Å². The van der Waals surface area contributed by atoms with Crippen LogP contribution in [0, 0.1) is 0 Å². The highest BCUT2D eigenvalue weighted by Gasteiger charge is 2.15. The van der Waals surface area contributed by atoms with Crippen LogP contribution in [-0.2, 0) is 9.53 Å². The summed E-state index contributed by atoms with van der Waals surface area (Å²) in [6.45, 7) is 2.46. The lowest BCUT2D eigenvalue weighted by atomic mass is 10.1. The van der Waals surface area contributed by atoms with Crippen LogP contribution in [0.4, 0.5) is 0 Å². The summed E-state index contributed by atoms with van der Waals surface area (Å²) in [5.74, 6) is -0.360. The van der Waals surface area contributed by atoms with E-state index in [1.54, 1.807) is 6.07 Å². The van der Waals surface area contributed by atoms with Crippen molar-refractivity contribution in [3.8, 4) is 0 Å². The lowest BCUT2D eigenvalue weighted by Crippen LogP contribution is -2.11. The van der Waals surface area contributed by atoms with Crippen LogP contribution in [0.1, 0.15) is 37.9 Å². The number of hydrogen-bond acceptors (Lipinski definition) is 3. The average Bonchev–Trinajstić information content (AvgIpc) is 2.29. The molecular weight excluding hydrogens is 284 g/mol. The molecule has 0 spiro atoms. The van der Waals surface area contributed by atoms with Crippen molar-refractivity contribution in [3.63, 3.8) is 0 Å². The minimum absolute atomic E-state index is 0.00761. The van der Waals surface area contributed by atoms with Gasteiger partial charge in [-0.3, -0.25) is 4.79 Å². The van der Waals surface area contributed by atoms with Gasteiger partial charge in [0, 0.05) is 4.47 Å². The van der Waals surface area contributed by atoms with Gasteiger partial charge in [-0.15, -0.1) is 0 Å². The van der Waals surface area contributed by atoms with Gasteiger partial charge in [0.2, 0.25) is 0 Å². The highest BCUT2D eigenvalue weighted by molar-refractivity contribution is 9.10. The monoisotopic (exact) mass is 300 g/mol. The summed E-state index contributed by atoms with van der Waals surface area (Å²) in [4.78, 5) is 11.4. The van der Waals surface area contributed by atoms with E-state index in [0.717, 1.165) is 17.3 Å². The summed E-state index contributed by atoms with van der Waals surface area (Å²) in [7, 11) is 0. The van der Waals surface area contributed by atoms with Crippen molar-refractivity contribution in [2.45, 2.75) is 32.3 Å². The second-order valence-corrected chi connectivity index (χ2v) is 4.67. The van der Waals surface area contributed by atoms with E-state index in [-0.39, 0.29) is 12.4 Å². The minimum atomic E-state index is -0.820. The number of carbonyl (C=O) groups is 1. The second kappa shape index (κ2) is 7.45. The fourth-order valence-corrected chi connectivity index (χ4v) is 1.95. The van der Waals surface area contributed by atoms with Crippen molar-refractivity contribution in [2.75, 3.05) is 6.61 Å². The fourth-order valence-electron chi connectivity index (χ4n) is 1.40. The molecule has 0 saturated carbocycles. The van der Waals surface area contributed by atoms with Crippen LogP contribution in [0.3, 0.4) is 0 Å². The van der Waals surface area contributed by atoms with Gasteiger partial charge in [-0.05, 0) is 18.1 Å². The Labute approximate surface area is 110 Å². The Morgan fingerprint density at radius 1 is 1.47 bits per heavy atom. The number of rotatable bonds is 6. The van der Waals surface area contributed by atoms with Crippen LogP contribution in [0.5, 0.6) is 0 Å². The molecule has 0 amide bonds. The van der Waals surface area contributed by atoms with Crippen molar-refractivity contribution in [1.29, 1.82) is 0 Å². The number of benzene rings is 1. The molecule has 17 heavy (non-hydrogen) atoms. The number of aliphatic hydroxyl groups is 1. The van der Waals surface area contributed by atoms with Crippen LogP contribution in [0.25, 0.3) is 0 Å². The summed E-state index contributed by atoms with van der Waals surface area (Å²) in [5.41, 5.74) is 0.708. The standard InChI is InChI=1S/C13H17BrO3/c1-2-3-8-17-13(16)9-12(15)10-6-4-5-7-11(10)14/h4-7,12,15H,2-3,8-9H2,1H3. The molecule has 3 nitrogen and oxygen atoms in total. The van der Waals surface area contributed by atoms with Gasteiger partial charge in [0.05, 0.1) is 19.1 Å². The van der Waals surface area contributed by atoms with Gasteiger partial charge in [-0.1, -0.05) is 47.5 Å². The first-order valence-electron chi connectivity index (χ1n) is 5.73. The molecule has 1 rings (SSSR count). The Hall–Kier alpha value is -0.870. The molecule has 0 bridgehead atoms. The first kappa shape index (κ1) is 14.2. The van der Waals surface area contributed by atoms with Crippen LogP contribution >= 0.6 is 15.9 Å². The number of carbonyl (C=O) groups excluding carboxylic acids is 1. The normalized spacial score (nSPS) is 12.2. The van der Waals surface area contributed by atoms with E-state index in [1.165, 1.54) is 0 Å². The molecule has 1 N–H and O–H groups in total. The molecule has 0 aliphatic carbocycles. The number of halogens is 1. The van der Waals surface area contributed by atoms with Crippen molar-refractivity contribution >= 4 is 21.9 Å². The number of aliphatic hydroxyl groups excluding tert-OH is 1. The van der Waals surface area contributed by atoms with Crippen LogP contribution in [0.15, 0.2) is 28.7 Å². The lowest BCUT2D eigenvalue weighted by molar-refractivity contribution is -0.146. The molecule has 1 aromatic carbocycles. The third-order valence-corrected chi connectivity index (χ3v) is 3.11. The zero-order chi connectivity index (χ0) is 12.7. The van der Waals surface area contributed by atoms with Gasteiger partial charge in [0.15, 0.2) is 0 Å². The quantitative estimate of drug-likeness (QED) is 0.648. The van der Waals surface area contributed by atoms with Gasteiger partial charge in [-0.2, -0.15) is 0 Å². The molecular formula is C13H17BrO3. The Morgan fingerprint density at radius 3 is 2.82 bits per heavy atom. The van der Waals surface area contributed by atoms with Crippen molar-refractivity contribution in [1.82, 2.24) is 0 Å². The van der Waals surface area contributed by atoms with Gasteiger partial charge in [0.25, 0.3) is 0 Å². The number of ether oxygens (including phenoxy) is 1. The Bertz CT molecular complexity index is 365. The third kappa shape index (κ3) is 4.88. The molecule has 0 heterocycles. The summed E-state index contributed by atoms with van der Waals surface area (Å²) in [6.07, 6.45) is 1.02.